The van der Waals surface area contributed by atoms with Gasteiger partial charge in [-0.25, -0.2) is 9.18 Å². The van der Waals surface area contributed by atoms with Crippen LogP contribution in [0.4, 0.5) is 75.0 Å². The predicted octanol–water partition coefficient (Wildman–Crippen LogP) is 5.89. The van der Waals surface area contributed by atoms with E-state index in [1.54, 1.807) is 0 Å². The summed E-state index contributed by atoms with van der Waals surface area (Å²) in [5, 5.41) is 0. The van der Waals surface area contributed by atoms with E-state index in [2.05, 4.69) is 9.47 Å². The lowest BCUT2D eigenvalue weighted by molar-refractivity contribution is -0.432. The topological polar surface area (TPSA) is 35.5 Å². The van der Waals surface area contributed by atoms with Crippen LogP contribution in [0, 0.1) is 0 Å². The number of carbonyl (C=O) groups excluding carboxylic acids is 1. The summed E-state index contributed by atoms with van der Waals surface area (Å²) in [6, 6.07) is 0. The average Bonchev–Trinajstić information content (AvgIpc) is 2.40. The zero-order valence-electron chi connectivity index (χ0n) is 12.4. The van der Waals surface area contributed by atoms with Gasteiger partial charge in [-0.15, -0.1) is 8.78 Å². The van der Waals surface area contributed by atoms with Gasteiger partial charge < -0.3 is 9.47 Å². The van der Waals surface area contributed by atoms with Crippen molar-refractivity contribution in [3.63, 3.8) is 0 Å². The average molecular weight is 466 g/mol. The highest BCUT2D eigenvalue weighted by Crippen LogP contribution is 2.47. The van der Waals surface area contributed by atoms with Crippen LogP contribution >= 0.6 is 0 Å². The van der Waals surface area contributed by atoms with Gasteiger partial charge in [-0.2, -0.15) is 57.1 Å². The highest BCUT2D eigenvalue weighted by molar-refractivity contribution is 5.55. The summed E-state index contributed by atoms with van der Waals surface area (Å²) < 4.78 is 185. The lowest BCUT2D eigenvalue weighted by Gasteiger charge is -2.27. The standard InChI is InChI=1S/C5H2F10O.C3H4F4O.CF2O/c6-2(7,8)1-16-5(14,15)3(9,10)4(11,12)13;4-2-8-1-3(5,6)7;2-1(3)4/h1H2;1-2H2;. The molecule has 28 heavy (non-hydrogen) atoms. The minimum Gasteiger partial charge on any atom is -0.341 e. The van der Waals surface area contributed by atoms with Crippen LogP contribution in [0.15, 0.2) is 0 Å². The van der Waals surface area contributed by atoms with E-state index in [1.807, 2.05) is 0 Å². The normalized spacial score (nSPS) is 13.1. The molecule has 0 rings (SSSR count). The minimum atomic E-state index is -6.72. The zero-order chi connectivity index (χ0) is 23.6. The van der Waals surface area contributed by atoms with Crippen LogP contribution in [0.5, 0.6) is 0 Å². The van der Waals surface area contributed by atoms with Gasteiger partial charge in [0.2, 0.25) is 0 Å². The molecule has 0 unspecified atom stereocenters. The lowest BCUT2D eigenvalue weighted by atomic mass is 10.3. The first-order valence-corrected chi connectivity index (χ1v) is 5.58. The largest absolute Gasteiger partial charge is 0.483 e. The van der Waals surface area contributed by atoms with Crippen molar-refractivity contribution in [2.45, 2.75) is 30.6 Å². The number of ether oxygens (including phenoxy) is 2. The van der Waals surface area contributed by atoms with E-state index in [9.17, 15) is 70.2 Å². The van der Waals surface area contributed by atoms with Gasteiger partial charge in [-0.05, 0) is 0 Å². The molecule has 0 heterocycles. The molecule has 0 aliphatic heterocycles. The SMILES string of the molecule is FC(F)(F)COC(F)(F)C(F)(F)C(F)(F)F.FCOCC(F)(F)F.O=C(F)F. The molecule has 0 amide bonds. The van der Waals surface area contributed by atoms with Crippen molar-refractivity contribution in [3.8, 4) is 0 Å². The second-order valence-corrected chi connectivity index (χ2v) is 3.79. The monoisotopic (exact) mass is 466 g/mol. The van der Waals surface area contributed by atoms with Gasteiger partial charge in [0.05, 0.1) is 0 Å². The molecule has 0 N–H and O–H groups in total. The Morgan fingerprint density at radius 1 is 0.679 bits per heavy atom. The Bertz CT molecular complexity index is 432. The summed E-state index contributed by atoms with van der Waals surface area (Å²) in [6.45, 7) is -5.82. The third kappa shape index (κ3) is 16.6. The van der Waals surface area contributed by atoms with Gasteiger partial charge in [0.15, 0.2) is 6.86 Å². The molecule has 0 saturated heterocycles. The van der Waals surface area contributed by atoms with Crippen molar-refractivity contribution in [1.29, 1.82) is 0 Å². The molecule has 0 fully saturated rings. The van der Waals surface area contributed by atoms with Gasteiger partial charge >= 0.3 is 36.9 Å². The molecule has 0 aliphatic carbocycles. The molecule has 0 spiro atoms. The molecule has 0 radical (unpaired) electrons. The predicted molar refractivity (Wildman–Crippen MR) is 53.6 cm³/mol. The number of halogens is 16. The van der Waals surface area contributed by atoms with Crippen molar-refractivity contribution >= 4 is 6.29 Å². The number of rotatable bonds is 5. The Labute approximate surface area is 143 Å². The fourth-order valence-corrected chi connectivity index (χ4v) is 0.582. The Hall–Kier alpha value is -1.53. The number of hydrogen-bond acceptors (Lipinski definition) is 3. The summed E-state index contributed by atoms with van der Waals surface area (Å²) in [4.78, 5) is 8.11. The maximum Gasteiger partial charge on any atom is 0.483 e. The molecule has 0 aromatic rings. The van der Waals surface area contributed by atoms with E-state index >= 15 is 0 Å². The van der Waals surface area contributed by atoms with Gasteiger partial charge in [0, 0.05) is 0 Å². The quantitative estimate of drug-likeness (QED) is 0.375. The van der Waals surface area contributed by atoms with Crippen LogP contribution in [0.3, 0.4) is 0 Å². The summed E-state index contributed by atoms with van der Waals surface area (Å²) in [5.74, 6) is -6.70. The third-order valence-corrected chi connectivity index (χ3v) is 1.48. The van der Waals surface area contributed by atoms with E-state index in [-0.39, 0.29) is 0 Å². The zero-order valence-corrected chi connectivity index (χ0v) is 12.4. The minimum absolute atomic E-state index is 1.39. The molecule has 0 aromatic carbocycles. The first-order valence-electron chi connectivity index (χ1n) is 5.58. The second kappa shape index (κ2) is 11.5. The molecule has 0 bridgehead atoms. The van der Waals surface area contributed by atoms with Crippen molar-refractivity contribution in [3.05, 3.63) is 0 Å². The number of hydrogen-bond donors (Lipinski definition) is 0. The van der Waals surface area contributed by atoms with Crippen molar-refractivity contribution in [2.75, 3.05) is 20.1 Å². The Morgan fingerprint density at radius 3 is 1.18 bits per heavy atom. The molecular formula is C9H6F16O3. The van der Waals surface area contributed by atoms with Crippen molar-refractivity contribution in [1.82, 2.24) is 0 Å². The number of alkyl halides is 14. The molecule has 3 nitrogen and oxygen atoms in total. The Balaban J connectivity index is -0.000000431. The van der Waals surface area contributed by atoms with Gasteiger partial charge in [-0.1, -0.05) is 0 Å². The molecular weight excluding hydrogens is 460 g/mol. The highest BCUT2D eigenvalue weighted by Gasteiger charge is 2.74. The van der Waals surface area contributed by atoms with Crippen LogP contribution in [0.25, 0.3) is 0 Å². The molecule has 0 atom stereocenters. The fraction of sp³-hybridized carbons (Fsp3) is 0.889. The smallest absolute Gasteiger partial charge is 0.341 e. The summed E-state index contributed by atoms with van der Waals surface area (Å²) in [5.41, 5.74) is 0. The van der Waals surface area contributed by atoms with Crippen LogP contribution in [0.2, 0.25) is 0 Å². The van der Waals surface area contributed by atoms with Crippen molar-refractivity contribution in [2.24, 2.45) is 0 Å². The van der Waals surface area contributed by atoms with Gasteiger partial charge in [0.25, 0.3) is 0 Å². The fourth-order valence-electron chi connectivity index (χ4n) is 0.582. The van der Waals surface area contributed by atoms with E-state index in [1.165, 1.54) is 0 Å². The van der Waals surface area contributed by atoms with Crippen molar-refractivity contribution < 1.29 is 84.5 Å². The maximum atomic E-state index is 12.0. The van der Waals surface area contributed by atoms with E-state index in [0.29, 0.717) is 0 Å². The van der Waals surface area contributed by atoms with Gasteiger partial charge in [-0.3, -0.25) is 0 Å². The first-order chi connectivity index (χ1) is 12.0. The lowest BCUT2D eigenvalue weighted by Crippen LogP contribution is -2.54. The Morgan fingerprint density at radius 2 is 1.00 bits per heavy atom. The van der Waals surface area contributed by atoms with Crippen LogP contribution in [-0.2, 0) is 9.47 Å². The molecule has 19 heteroatoms. The Kier molecular flexibility index (Phi) is 12.8. The van der Waals surface area contributed by atoms with Crippen LogP contribution in [-0.4, -0.2) is 56.9 Å². The molecule has 0 aromatic heterocycles. The van der Waals surface area contributed by atoms with E-state index < -0.39 is 56.9 Å². The number of carbonyl (C=O) groups is 1. The molecule has 0 saturated carbocycles. The second-order valence-electron chi connectivity index (χ2n) is 3.79. The van der Waals surface area contributed by atoms with Crippen LogP contribution in [0.1, 0.15) is 0 Å². The first kappa shape index (κ1) is 31.2. The molecule has 172 valence electrons. The summed E-state index contributed by atoms with van der Waals surface area (Å²) in [6.07, 6.45) is -25.7. The maximum absolute atomic E-state index is 12.0. The van der Waals surface area contributed by atoms with Gasteiger partial charge in [0.1, 0.15) is 13.2 Å². The molecule has 0 aliphatic rings. The summed E-state index contributed by atoms with van der Waals surface area (Å²) in [7, 11) is 0. The third-order valence-electron chi connectivity index (χ3n) is 1.48. The summed E-state index contributed by atoms with van der Waals surface area (Å²) >= 11 is 0. The van der Waals surface area contributed by atoms with E-state index in [4.69, 9.17) is 4.79 Å². The highest BCUT2D eigenvalue weighted by atomic mass is 19.4. The van der Waals surface area contributed by atoms with Crippen LogP contribution < -0.4 is 0 Å². The van der Waals surface area contributed by atoms with E-state index in [0.717, 1.165) is 0 Å².